The highest BCUT2D eigenvalue weighted by Crippen LogP contribution is 2.33. The molecule has 0 saturated carbocycles. The zero-order valence-corrected chi connectivity index (χ0v) is 15.5. The van der Waals surface area contributed by atoms with Gasteiger partial charge in [0.1, 0.15) is 11.6 Å². The number of anilines is 1. The zero-order valence-electron chi connectivity index (χ0n) is 15.5. The molecule has 0 bridgehead atoms. The molecule has 1 aliphatic heterocycles. The topological polar surface area (TPSA) is 49.9 Å². The van der Waals surface area contributed by atoms with Crippen LogP contribution in [0.4, 0.5) is 10.1 Å². The Morgan fingerprint density at radius 3 is 2.67 bits per heavy atom. The fraction of sp³-hybridized carbons (Fsp3) is 0.333. The van der Waals surface area contributed by atoms with E-state index in [2.05, 4.69) is 0 Å². The van der Waals surface area contributed by atoms with E-state index in [-0.39, 0.29) is 30.6 Å². The average molecular weight is 370 g/mol. The van der Waals surface area contributed by atoms with Gasteiger partial charge in [-0.25, -0.2) is 4.39 Å². The summed E-state index contributed by atoms with van der Waals surface area (Å²) >= 11 is 0. The maximum Gasteiger partial charge on any atom is 0.228 e. The maximum absolute atomic E-state index is 13.8. The van der Waals surface area contributed by atoms with Crippen LogP contribution in [0.5, 0.6) is 5.75 Å². The summed E-state index contributed by atoms with van der Waals surface area (Å²) in [6, 6.07) is 13.7. The second-order valence-electron chi connectivity index (χ2n) is 6.59. The molecule has 0 aromatic heterocycles. The summed E-state index contributed by atoms with van der Waals surface area (Å²) in [4.78, 5) is 28.4. The van der Waals surface area contributed by atoms with Crippen LogP contribution in [0.1, 0.15) is 18.9 Å². The highest BCUT2D eigenvalue weighted by molar-refractivity contribution is 6.01. The van der Waals surface area contributed by atoms with Gasteiger partial charge < -0.3 is 14.5 Å². The fourth-order valence-corrected chi connectivity index (χ4v) is 3.34. The molecule has 0 radical (unpaired) electrons. The van der Waals surface area contributed by atoms with Gasteiger partial charge in [0, 0.05) is 32.1 Å². The monoisotopic (exact) mass is 370 g/mol. The molecule has 0 N–H and O–H groups in total. The minimum absolute atomic E-state index is 0.111. The van der Waals surface area contributed by atoms with E-state index in [0.29, 0.717) is 30.2 Å². The van der Waals surface area contributed by atoms with Crippen LogP contribution in [0.25, 0.3) is 0 Å². The third kappa shape index (κ3) is 4.10. The fourth-order valence-electron chi connectivity index (χ4n) is 3.34. The number of carbonyl (C=O) groups is 2. The van der Waals surface area contributed by atoms with E-state index >= 15 is 0 Å². The molecule has 2 amide bonds. The van der Waals surface area contributed by atoms with Crippen molar-refractivity contribution >= 4 is 17.5 Å². The van der Waals surface area contributed by atoms with E-state index in [9.17, 15) is 14.0 Å². The predicted octanol–water partition coefficient (Wildman–Crippen LogP) is 3.24. The van der Waals surface area contributed by atoms with Crippen molar-refractivity contribution in [2.24, 2.45) is 5.92 Å². The number of benzene rings is 2. The van der Waals surface area contributed by atoms with Gasteiger partial charge in [0.2, 0.25) is 11.8 Å². The first kappa shape index (κ1) is 18.9. The van der Waals surface area contributed by atoms with Crippen LogP contribution in [-0.2, 0) is 16.1 Å². The maximum atomic E-state index is 13.8. The van der Waals surface area contributed by atoms with Gasteiger partial charge in [0.25, 0.3) is 0 Å². The minimum Gasteiger partial charge on any atom is -0.492 e. The number of para-hydroxylation sites is 2. The molecule has 0 spiro atoms. The van der Waals surface area contributed by atoms with Crippen LogP contribution in [0.2, 0.25) is 0 Å². The summed E-state index contributed by atoms with van der Waals surface area (Å²) in [7, 11) is 1.63. The Kier molecular flexibility index (Phi) is 5.74. The van der Waals surface area contributed by atoms with E-state index in [0.717, 1.165) is 0 Å². The molecular formula is C21H23FN2O3. The van der Waals surface area contributed by atoms with Crippen molar-refractivity contribution in [3.8, 4) is 5.75 Å². The molecule has 6 heteroatoms. The van der Waals surface area contributed by atoms with Gasteiger partial charge in [-0.05, 0) is 25.1 Å². The van der Waals surface area contributed by atoms with Crippen LogP contribution in [0.3, 0.4) is 0 Å². The second-order valence-corrected chi connectivity index (χ2v) is 6.59. The lowest BCUT2D eigenvalue weighted by Crippen LogP contribution is -2.34. The Morgan fingerprint density at radius 1 is 1.22 bits per heavy atom. The van der Waals surface area contributed by atoms with Gasteiger partial charge in [-0.3, -0.25) is 9.59 Å². The standard InChI is InChI=1S/C21H23FN2O3/c1-3-27-19-11-7-6-10-18(19)24-14-16(12-20(24)25)21(26)23(2)13-15-8-4-5-9-17(15)22/h4-11,16H,3,12-14H2,1-2H3. The van der Waals surface area contributed by atoms with Crippen LogP contribution in [-0.4, -0.2) is 36.9 Å². The van der Waals surface area contributed by atoms with Crippen molar-refractivity contribution in [3.63, 3.8) is 0 Å². The van der Waals surface area contributed by atoms with E-state index in [1.165, 1.54) is 11.0 Å². The van der Waals surface area contributed by atoms with Gasteiger partial charge in [-0.1, -0.05) is 30.3 Å². The first-order valence-corrected chi connectivity index (χ1v) is 9.01. The van der Waals surface area contributed by atoms with Gasteiger partial charge in [0.15, 0.2) is 0 Å². The molecule has 3 rings (SSSR count). The molecular weight excluding hydrogens is 347 g/mol. The normalized spacial score (nSPS) is 16.5. The number of halogens is 1. The summed E-state index contributed by atoms with van der Waals surface area (Å²) in [5.74, 6) is -0.445. The number of hydrogen-bond donors (Lipinski definition) is 0. The highest BCUT2D eigenvalue weighted by atomic mass is 19.1. The Labute approximate surface area is 158 Å². The van der Waals surface area contributed by atoms with E-state index in [4.69, 9.17) is 4.74 Å². The molecule has 5 nitrogen and oxygen atoms in total. The lowest BCUT2D eigenvalue weighted by atomic mass is 10.1. The van der Waals surface area contributed by atoms with E-state index in [1.54, 1.807) is 30.1 Å². The third-order valence-electron chi connectivity index (χ3n) is 4.67. The minimum atomic E-state index is -0.455. The predicted molar refractivity (Wildman–Crippen MR) is 101 cm³/mol. The molecule has 27 heavy (non-hydrogen) atoms. The average Bonchev–Trinajstić information content (AvgIpc) is 3.05. The Balaban J connectivity index is 1.71. The van der Waals surface area contributed by atoms with Crippen molar-refractivity contribution in [2.45, 2.75) is 19.9 Å². The van der Waals surface area contributed by atoms with Crippen molar-refractivity contribution in [2.75, 3.05) is 25.1 Å². The van der Waals surface area contributed by atoms with Gasteiger partial charge in [0.05, 0.1) is 18.2 Å². The van der Waals surface area contributed by atoms with Crippen LogP contribution >= 0.6 is 0 Å². The number of amides is 2. The molecule has 0 aliphatic carbocycles. The Morgan fingerprint density at radius 2 is 1.93 bits per heavy atom. The lowest BCUT2D eigenvalue weighted by Gasteiger charge is -2.22. The van der Waals surface area contributed by atoms with Crippen LogP contribution < -0.4 is 9.64 Å². The van der Waals surface area contributed by atoms with Crippen molar-refractivity contribution < 1.29 is 18.7 Å². The number of rotatable bonds is 6. The molecule has 1 saturated heterocycles. The SMILES string of the molecule is CCOc1ccccc1N1CC(C(=O)N(C)Cc2ccccc2F)CC1=O. The summed E-state index contributed by atoms with van der Waals surface area (Å²) in [5.41, 5.74) is 1.13. The van der Waals surface area contributed by atoms with Crippen LogP contribution in [0.15, 0.2) is 48.5 Å². The largest absolute Gasteiger partial charge is 0.492 e. The first-order chi connectivity index (χ1) is 13.0. The summed E-state index contributed by atoms with van der Waals surface area (Å²) in [5, 5.41) is 0. The molecule has 2 aromatic rings. The van der Waals surface area contributed by atoms with Crippen molar-refractivity contribution in [1.29, 1.82) is 0 Å². The van der Waals surface area contributed by atoms with Gasteiger partial charge >= 0.3 is 0 Å². The Hall–Kier alpha value is -2.89. The summed E-state index contributed by atoms with van der Waals surface area (Å²) < 4.78 is 19.4. The van der Waals surface area contributed by atoms with E-state index in [1.807, 2.05) is 31.2 Å². The Bertz CT molecular complexity index is 840. The summed E-state index contributed by atoms with van der Waals surface area (Å²) in [6.45, 7) is 2.84. The van der Waals surface area contributed by atoms with E-state index < -0.39 is 5.92 Å². The quantitative estimate of drug-likeness (QED) is 0.784. The lowest BCUT2D eigenvalue weighted by molar-refractivity contribution is -0.135. The molecule has 1 unspecified atom stereocenters. The molecule has 1 aliphatic rings. The molecule has 1 atom stereocenters. The summed E-state index contributed by atoms with van der Waals surface area (Å²) in [6.07, 6.45) is 0.140. The zero-order chi connectivity index (χ0) is 19.4. The van der Waals surface area contributed by atoms with Crippen LogP contribution in [0, 0.1) is 11.7 Å². The number of carbonyl (C=O) groups excluding carboxylic acids is 2. The van der Waals surface area contributed by atoms with Gasteiger partial charge in [-0.15, -0.1) is 0 Å². The smallest absolute Gasteiger partial charge is 0.228 e. The number of hydrogen-bond acceptors (Lipinski definition) is 3. The van der Waals surface area contributed by atoms with Crippen molar-refractivity contribution in [3.05, 3.63) is 59.9 Å². The number of ether oxygens (including phenoxy) is 1. The third-order valence-corrected chi connectivity index (χ3v) is 4.67. The van der Waals surface area contributed by atoms with Gasteiger partial charge in [-0.2, -0.15) is 0 Å². The second kappa shape index (κ2) is 8.20. The molecule has 142 valence electrons. The van der Waals surface area contributed by atoms with Crippen molar-refractivity contribution in [1.82, 2.24) is 4.90 Å². The molecule has 1 fully saturated rings. The highest BCUT2D eigenvalue weighted by Gasteiger charge is 2.37. The molecule has 2 aromatic carbocycles. The first-order valence-electron chi connectivity index (χ1n) is 9.01. The molecule has 1 heterocycles. The number of nitrogens with zero attached hydrogens (tertiary/aromatic N) is 2.